The Labute approximate surface area is 66.7 Å². The first-order valence-corrected chi connectivity index (χ1v) is 3.42. The number of nitrogens with zero attached hydrogens (tertiary/aromatic N) is 1. The van der Waals surface area contributed by atoms with Gasteiger partial charge in [0.25, 0.3) is 0 Å². The van der Waals surface area contributed by atoms with Gasteiger partial charge in [-0.15, -0.1) is 0 Å². The zero-order chi connectivity index (χ0) is 8.91. The van der Waals surface area contributed by atoms with E-state index in [1.807, 2.05) is 14.1 Å². The Morgan fingerprint density at radius 2 is 2.27 bits per heavy atom. The SMILES string of the molecule is C=C[N+](C)(C)NCCC(=O)O. The molecule has 0 aliphatic carbocycles. The molecule has 0 saturated carbocycles. The topological polar surface area (TPSA) is 49.3 Å². The molecule has 0 aliphatic rings. The number of rotatable bonds is 5. The van der Waals surface area contributed by atoms with Gasteiger partial charge in [-0.1, -0.05) is 0 Å². The van der Waals surface area contributed by atoms with Crippen LogP contribution in [0.15, 0.2) is 12.8 Å². The molecule has 0 aromatic carbocycles. The van der Waals surface area contributed by atoms with E-state index in [2.05, 4.69) is 12.0 Å². The minimum absolute atomic E-state index is 0.134. The van der Waals surface area contributed by atoms with Crippen molar-refractivity contribution >= 4 is 5.97 Å². The van der Waals surface area contributed by atoms with E-state index in [0.29, 0.717) is 11.1 Å². The highest BCUT2D eigenvalue weighted by atomic mass is 16.4. The van der Waals surface area contributed by atoms with Gasteiger partial charge in [-0.05, 0) is 6.58 Å². The quantitative estimate of drug-likeness (QED) is 0.444. The van der Waals surface area contributed by atoms with E-state index in [0.717, 1.165) is 0 Å². The maximum Gasteiger partial charge on any atom is 0.304 e. The van der Waals surface area contributed by atoms with Crippen LogP contribution in [0.4, 0.5) is 0 Å². The van der Waals surface area contributed by atoms with Gasteiger partial charge in [0, 0.05) is 0 Å². The first kappa shape index (κ1) is 10.1. The zero-order valence-corrected chi connectivity index (χ0v) is 7.00. The smallest absolute Gasteiger partial charge is 0.304 e. The summed E-state index contributed by atoms with van der Waals surface area (Å²) in [6.07, 6.45) is 1.83. The van der Waals surface area contributed by atoms with Gasteiger partial charge in [-0.25, -0.2) is 4.59 Å². The van der Waals surface area contributed by atoms with E-state index in [4.69, 9.17) is 5.11 Å². The van der Waals surface area contributed by atoms with E-state index in [1.165, 1.54) is 0 Å². The molecule has 0 saturated heterocycles. The van der Waals surface area contributed by atoms with Crippen molar-refractivity contribution in [1.82, 2.24) is 5.43 Å². The number of carbonyl (C=O) groups is 1. The molecule has 0 fully saturated rings. The number of aliphatic carboxylic acids is 1. The third kappa shape index (κ3) is 5.57. The van der Waals surface area contributed by atoms with Crippen molar-refractivity contribution in [2.45, 2.75) is 6.42 Å². The Balaban J connectivity index is 3.53. The molecule has 0 radical (unpaired) electrons. The number of carboxylic acid groups (broad SMARTS) is 1. The van der Waals surface area contributed by atoms with Crippen LogP contribution in [-0.2, 0) is 4.79 Å². The molecule has 0 aliphatic heterocycles. The Morgan fingerprint density at radius 1 is 1.73 bits per heavy atom. The third-order valence-electron chi connectivity index (χ3n) is 1.31. The van der Waals surface area contributed by atoms with E-state index in [9.17, 15) is 4.79 Å². The molecule has 0 aromatic rings. The highest BCUT2D eigenvalue weighted by Crippen LogP contribution is 1.89. The summed E-state index contributed by atoms with van der Waals surface area (Å²) >= 11 is 0. The summed E-state index contributed by atoms with van der Waals surface area (Å²) in [6, 6.07) is 0. The first-order valence-electron chi connectivity index (χ1n) is 3.42. The van der Waals surface area contributed by atoms with Gasteiger partial charge in [0.15, 0.2) is 0 Å². The lowest BCUT2D eigenvalue weighted by Crippen LogP contribution is -2.47. The summed E-state index contributed by atoms with van der Waals surface area (Å²) in [5, 5.41) is 8.31. The summed E-state index contributed by atoms with van der Waals surface area (Å²) < 4.78 is 0.424. The van der Waals surface area contributed by atoms with Crippen molar-refractivity contribution in [3.05, 3.63) is 12.8 Å². The summed E-state index contributed by atoms with van der Waals surface area (Å²) in [5.41, 5.74) is 2.98. The molecule has 64 valence electrons. The normalized spacial score (nSPS) is 11.1. The Hall–Kier alpha value is -0.870. The van der Waals surface area contributed by atoms with Gasteiger partial charge >= 0.3 is 5.97 Å². The van der Waals surface area contributed by atoms with Gasteiger partial charge in [-0.3, -0.25) is 4.79 Å². The van der Waals surface area contributed by atoms with Gasteiger partial charge in [0.2, 0.25) is 0 Å². The molecule has 0 atom stereocenters. The molecular weight excluding hydrogens is 144 g/mol. The van der Waals surface area contributed by atoms with Crippen LogP contribution >= 0.6 is 0 Å². The molecule has 0 unspecified atom stereocenters. The second kappa shape index (κ2) is 4.10. The number of carboxylic acids is 1. The Kier molecular flexibility index (Phi) is 3.78. The van der Waals surface area contributed by atoms with E-state index < -0.39 is 5.97 Å². The molecule has 4 heteroatoms. The largest absolute Gasteiger partial charge is 0.481 e. The average Bonchev–Trinajstić information content (AvgIpc) is 1.87. The maximum absolute atomic E-state index is 10.1. The van der Waals surface area contributed by atoms with E-state index in [1.54, 1.807) is 6.20 Å². The van der Waals surface area contributed by atoms with Crippen LogP contribution in [-0.4, -0.2) is 36.3 Å². The van der Waals surface area contributed by atoms with Crippen molar-refractivity contribution in [1.29, 1.82) is 0 Å². The fraction of sp³-hybridized carbons (Fsp3) is 0.571. The highest BCUT2D eigenvalue weighted by molar-refractivity contribution is 5.66. The maximum atomic E-state index is 10.1. The van der Waals surface area contributed by atoms with Crippen molar-refractivity contribution in [3.8, 4) is 0 Å². The summed E-state index contributed by atoms with van der Waals surface area (Å²) in [4.78, 5) is 10.1. The molecule has 0 aromatic heterocycles. The van der Waals surface area contributed by atoms with E-state index in [-0.39, 0.29) is 6.42 Å². The van der Waals surface area contributed by atoms with Crippen LogP contribution in [0.2, 0.25) is 0 Å². The standard InChI is InChI=1S/C7H14N2O2/c1-4-9(2,3)8-6-5-7(10)11/h4,8H,1,5-6H2,2-3H3/p+1. The molecule has 2 N–H and O–H groups in total. The number of hydrogen-bond donors (Lipinski definition) is 2. The predicted octanol–water partition coefficient (Wildman–Crippen LogP) is 0.186. The lowest BCUT2D eigenvalue weighted by Gasteiger charge is -2.23. The fourth-order valence-electron chi connectivity index (χ4n) is 0.516. The summed E-state index contributed by atoms with van der Waals surface area (Å²) in [7, 11) is 3.77. The van der Waals surface area contributed by atoms with Crippen LogP contribution < -0.4 is 5.43 Å². The fourth-order valence-corrected chi connectivity index (χ4v) is 0.516. The van der Waals surface area contributed by atoms with Gasteiger partial charge < -0.3 is 5.11 Å². The molecule has 0 amide bonds. The summed E-state index contributed by atoms with van der Waals surface area (Å²) in [5.74, 6) is -0.790. The number of hydrogen-bond acceptors (Lipinski definition) is 2. The second-order valence-electron chi connectivity index (χ2n) is 2.77. The van der Waals surface area contributed by atoms with Crippen molar-refractivity contribution in [2.24, 2.45) is 0 Å². The second-order valence-corrected chi connectivity index (χ2v) is 2.77. The van der Waals surface area contributed by atoms with Gasteiger partial charge in [0.1, 0.15) is 6.20 Å². The summed E-state index contributed by atoms with van der Waals surface area (Å²) in [6.45, 7) is 4.05. The van der Waals surface area contributed by atoms with E-state index >= 15 is 0 Å². The van der Waals surface area contributed by atoms with Crippen molar-refractivity contribution in [2.75, 3.05) is 20.6 Å². The minimum atomic E-state index is -0.790. The Bertz CT molecular complexity index is 155. The average molecular weight is 159 g/mol. The van der Waals surface area contributed by atoms with Crippen LogP contribution in [0.3, 0.4) is 0 Å². The monoisotopic (exact) mass is 159 g/mol. The van der Waals surface area contributed by atoms with Crippen LogP contribution in [0, 0.1) is 0 Å². The van der Waals surface area contributed by atoms with Crippen LogP contribution in [0.5, 0.6) is 0 Å². The van der Waals surface area contributed by atoms with Gasteiger partial charge in [-0.2, -0.15) is 5.43 Å². The zero-order valence-electron chi connectivity index (χ0n) is 7.00. The minimum Gasteiger partial charge on any atom is -0.481 e. The highest BCUT2D eigenvalue weighted by Gasteiger charge is 2.09. The van der Waals surface area contributed by atoms with Crippen LogP contribution in [0.1, 0.15) is 6.42 Å². The van der Waals surface area contributed by atoms with Crippen LogP contribution in [0.25, 0.3) is 0 Å². The first-order chi connectivity index (χ1) is 4.98. The van der Waals surface area contributed by atoms with Crippen molar-refractivity contribution < 1.29 is 14.5 Å². The molecule has 0 spiro atoms. The lowest BCUT2D eigenvalue weighted by atomic mass is 10.4. The molecule has 0 bridgehead atoms. The Morgan fingerprint density at radius 3 is 2.64 bits per heavy atom. The predicted molar refractivity (Wildman–Crippen MR) is 42.6 cm³/mol. The van der Waals surface area contributed by atoms with Crippen molar-refractivity contribution in [3.63, 3.8) is 0 Å². The third-order valence-corrected chi connectivity index (χ3v) is 1.31. The molecule has 0 rings (SSSR count). The molecule has 11 heavy (non-hydrogen) atoms. The molecular formula is C7H15N2O2+. The number of quaternary nitrogens is 1. The number of nitrogens with one attached hydrogen (secondary N) is 1. The van der Waals surface area contributed by atoms with Gasteiger partial charge in [0.05, 0.1) is 27.1 Å². The lowest BCUT2D eigenvalue weighted by molar-refractivity contribution is -0.885. The molecule has 4 nitrogen and oxygen atoms in total. The molecule has 0 heterocycles.